The quantitative estimate of drug-likeness (QED) is 0.504. The molecule has 2 nitrogen and oxygen atoms in total. The van der Waals surface area contributed by atoms with E-state index in [-0.39, 0.29) is 11.4 Å². The number of amides is 1. The summed E-state index contributed by atoms with van der Waals surface area (Å²) < 4.78 is 0. The van der Waals surface area contributed by atoms with Crippen molar-refractivity contribution in [2.24, 2.45) is 0 Å². The summed E-state index contributed by atoms with van der Waals surface area (Å²) in [6.45, 7) is 6.44. The van der Waals surface area contributed by atoms with Crippen LogP contribution in [0.4, 0.5) is 0 Å². The smallest absolute Gasteiger partial charge is 0.220 e. The van der Waals surface area contributed by atoms with Crippen LogP contribution in [0.15, 0.2) is 0 Å². The van der Waals surface area contributed by atoms with E-state index in [9.17, 15) is 4.79 Å². The molecule has 0 bridgehead atoms. The second kappa shape index (κ2) is 9.03. The first-order valence-electron chi connectivity index (χ1n) is 6.51. The Morgan fingerprint density at radius 1 is 1.12 bits per heavy atom. The van der Waals surface area contributed by atoms with Crippen molar-refractivity contribution >= 4 is 21.8 Å². The molecular weight excluding hydrogens is 266 g/mol. The molecule has 0 aliphatic heterocycles. The lowest BCUT2D eigenvalue weighted by molar-refractivity contribution is -0.123. The molecule has 16 heavy (non-hydrogen) atoms. The average Bonchev–Trinajstić information content (AvgIpc) is 2.32. The third-order valence-electron chi connectivity index (χ3n) is 3.27. The Morgan fingerprint density at radius 2 is 1.75 bits per heavy atom. The van der Waals surface area contributed by atoms with Crippen molar-refractivity contribution in [3.8, 4) is 0 Å². The van der Waals surface area contributed by atoms with Gasteiger partial charge in [0.2, 0.25) is 5.91 Å². The second-order valence-electron chi connectivity index (χ2n) is 4.48. The molecule has 1 N–H and O–H groups in total. The van der Waals surface area contributed by atoms with Crippen molar-refractivity contribution in [2.45, 2.75) is 71.3 Å². The molecule has 0 aliphatic rings. The van der Waals surface area contributed by atoms with Gasteiger partial charge in [-0.2, -0.15) is 0 Å². The van der Waals surface area contributed by atoms with Crippen molar-refractivity contribution < 1.29 is 4.79 Å². The van der Waals surface area contributed by atoms with Crippen LogP contribution in [-0.4, -0.2) is 16.8 Å². The van der Waals surface area contributed by atoms with Gasteiger partial charge in [-0.3, -0.25) is 4.79 Å². The molecule has 0 saturated carbocycles. The molecule has 0 aromatic rings. The fourth-order valence-electron chi connectivity index (χ4n) is 1.72. The standard InChI is InChI=1S/C13H26BrNO/c1-4-7-8-9-10-12(16)15-13(5-2,6-3)11-14/h4-11H2,1-3H3,(H,15,16). The molecule has 0 saturated heterocycles. The lowest BCUT2D eigenvalue weighted by Crippen LogP contribution is -2.49. The van der Waals surface area contributed by atoms with Crippen LogP contribution >= 0.6 is 15.9 Å². The molecule has 0 aromatic carbocycles. The average molecular weight is 292 g/mol. The van der Waals surface area contributed by atoms with Gasteiger partial charge in [-0.15, -0.1) is 0 Å². The van der Waals surface area contributed by atoms with Crippen LogP contribution in [-0.2, 0) is 4.79 Å². The van der Waals surface area contributed by atoms with Crippen LogP contribution in [0.1, 0.15) is 65.7 Å². The van der Waals surface area contributed by atoms with E-state index in [0.29, 0.717) is 6.42 Å². The fourth-order valence-corrected chi connectivity index (χ4v) is 2.65. The van der Waals surface area contributed by atoms with Crippen LogP contribution in [0.2, 0.25) is 0 Å². The number of nitrogens with one attached hydrogen (secondary N) is 1. The van der Waals surface area contributed by atoms with E-state index in [1.807, 2.05) is 0 Å². The van der Waals surface area contributed by atoms with Crippen LogP contribution in [0, 0.1) is 0 Å². The Kier molecular flexibility index (Phi) is 9.00. The largest absolute Gasteiger partial charge is 0.350 e. The van der Waals surface area contributed by atoms with Gasteiger partial charge in [0, 0.05) is 17.3 Å². The number of hydrogen-bond acceptors (Lipinski definition) is 1. The summed E-state index contributed by atoms with van der Waals surface area (Å²) in [7, 11) is 0. The lowest BCUT2D eigenvalue weighted by atomic mass is 9.95. The van der Waals surface area contributed by atoms with Crippen LogP contribution in [0.3, 0.4) is 0 Å². The molecule has 0 heterocycles. The first-order chi connectivity index (χ1) is 7.64. The van der Waals surface area contributed by atoms with Gasteiger partial charge < -0.3 is 5.32 Å². The molecule has 0 rings (SSSR count). The van der Waals surface area contributed by atoms with E-state index >= 15 is 0 Å². The highest BCUT2D eigenvalue weighted by Crippen LogP contribution is 2.18. The monoisotopic (exact) mass is 291 g/mol. The summed E-state index contributed by atoms with van der Waals surface area (Å²) in [6.07, 6.45) is 7.28. The minimum Gasteiger partial charge on any atom is -0.350 e. The van der Waals surface area contributed by atoms with Gasteiger partial charge in [-0.05, 0) is 19.3 Å². The van der Waals surface area contributed by atoms with Crippen molar-refractivity contribution in [1.82, 2.24) is 5.32 Å². The highest BCUT2D eigenvalue weighted by atomic mass is 79.9. The van der Waals surface area contributed by atoms with Gasteiger partial charge in [0.15, 0.2) is 0 Å². The zero-order valence-electron chi connectivity index (χ0n) is 10.9. The van der Waals surface area contributed by atoms with Gasteiger partial charge in [0.1, 0.15) is 0 Å². The maximum absolute atomic E-state index is 11.8. The van der Waals surface area contributed by atoms with E-state index in [0.717, 1.165) is 24.6 Å². The number of unbranched alkanes of at least 4 members (excludes halogenated alkanes) is 3. The first kappa shape index (κ1) is 16.0. The minimum absolute atomic E-state index is 0.0398. The number of carbonyl (C=O) groups excluding carboxylic acids is 1. The maximum atomic E-state index is 11.8. The Bertz CT molecular complexity index is 182. The van der Waals surface area contributed by atoms with Crippen molar-refractivity contribution in [3.05, 3.63) is 0 Å². The van der Waals surface area contributed by atoms with Crippen molar-refractivity contribution in [3.63, 3.8) is 0 Å². The topological polar surface area (TPSA) is 29.1 Å². The molecule has 0 fully saturated rings. The van der Waals surface area contributed by atoms with Crippen molar-refractivity contribution in [2.75, 3.05) is 5.33 Å². The third kappa shape index (κ3) is 5.88. The molecular formula is C13H26BrNO. The van der Waals surface area contributed by atoms with Crippen molar-refractivity contribution in [1.29, 1.82) is 0 Å². The van der Waals surface area contributed by atoms with E-state index in [1.54, 1.807) is 0 Å². The number of alkyl halides is 1. The second-order valence-corrected chi connectivity index (χ2v) is 5.04. The Morgan fingerprint density at radius 3 is 2.19 bits per heavy atom. The van der Waals surface area contributed by atoms with E-state index in [2.05, 4.69) is 42.0 Å². The molecule has 96 valence electrons. The third-order valence-corrected chi connectivity index (χ3v) is 4.34. The molecule has 0 radical (unpaired) electrons. The summed E-state index contributed by atoms with van der Waals surface area (Å²) in [5, 5.41) is 4.01. The SMILES string of the molecule is CCCCCCC(=O)NC(CC)(CC)CBr. The van der Waals surface area contributed by atoms with Crippen LogP contribution in [0.25, 0.3) is 0 Å². The molecule has 3 heteroatoms. The lowest BCUT2D eigenvalue weighted by Gasteiger charge is -2.31. The van der Waals surface area contributed by atoms with E-state index in [1.165, 1.54) is 19.3 Å². The van der Waals surface area contributed by atoms with Crippen LogP contribution < -0.4 is 5.32 Å². The van der Waals surface area contributed by atoms with Gasteiger partial charge >= 0.3 is 0 Å². The summed E-state index contributed by atoms with van der Waals surface area (Å²) in [5.41, 5.74) is -0.0398. The molecule has 0 unspecified atom stereocenters. The first-order valence-corrected chi connectivity index (χ1v) is 7.63. The highest BCUT2D eigenvalue weighted by Gasteiger charge is 2.26. The summed E-state index contributed by atoms with van der Waals surface area (Å²) in [6, 6.07) is 0. The predicted molar refractivity (Wildman–Crippen MR) is 74.0 cm³/mol. The maximum Gasteiger partial charge on any atom is 0.220 e. The summed E-state index contributed by atoms with van der Waals surface area (Å²) in [5.74, 6) is 0.208. The van der Waals surface area contributed by atoms with E-state index < -0.39 is 0 Å². The molecule has 0 atom stereocenters. The summed E-state index contributed by atoms with van der Waals surface area (Å²) in [4.78, 5) is 11.8. The molecule has 0 aromatic heterocycles. The number of hydrogen-bond donors (Lipinski definition) is 1. The molecule has 0 aliphatic carbocycles. The van der Waals surface area contributed by atoms with Crippen LogP contribution in [0.5, 0.6) is 0 Å². The Balaban J connectivity index is 3.91. The zero-order valence-corrected chi connectivity index (χ0v) is 12.5. The van der Waals surface area contributed by atoms with E-state index in [4.69, 9.17) is 0 Å². The van der Waals surface area contributed by atoms with Gasteiger partial charge in [-0.25, -0.2) is 0 Å². The molecule has 0 spiro atoms. The predicted octanol–water partition coefficient (Wildman–Crippen LogP) is 4.03. The Labute approximate surface area is 109 Å². The van der Waals surface area contributed by atoms with Gasteiger partial charge in [0.05, 0.1) is 0 Å². The number of rotatable bonds is 9. The van der Waals surface area contributed by atoms with Gasteiger partial charge in [-0.1, -0.05) is 56.0 Å². The minimum atomic E-state index is -0.0398. The normalized spacial score (nSPS) is 11.5. The number of halogens is 1. The van der Waals surface area contributed by atoms with Gasteiger partial charge in [0.25, 0.3) is 0 Å². The fraction of sp³-hybridized carbons (Fsp3) is 0.923. The highest BCUT2D eigenvalue weighted by molar-refractivity contribution is 9.09. The number of carbonyl (C=O) groups is 1. The zero-order chi connectivity index (χ0) is 12.4. The Hall–Kier alpha value is -0.0500. The molecule has 1 amide bonds. The summed E-state index contributed by atoms with van der Waals surface area (Å²) >= 11 is 3.50.